The van der Waals surface area contributed by atoms with Crippen LogP contribution in [-0.2, 0) is 0 Å². The van der Waals surface area contributed by atoms with E-state index in [1.165, 1.54) is 6.07 Å². The Morgan fingerprint density at radius 3 is 2.05 bits per heavy atom. The third-order valence-corrected chi connectivity index (χ3v) is 3.01. The van der Waals surface area contributed by atoms with Gasteiger partial charge in [-0.1, -0.05) is 26.7 Å². The van der Waals surface area contributed by atoms with Crippen LogP contribution < -0.4 is 9.47 Å². The fraction of sp³-hybridized carbons (Fsp3) is 0.625. The van der Waals surface area contributed by atoms with Crippen molar-refractivity contribution in [3.8, 4) is 11.5 Å². The quantitative estimate of drug-likeness (QED) is 0.662. The largest absolute Gasteiger partial charge is 0.487 e. The molecule has 0 spiro atoms. The first-order chi connectivity index (χ1) is 9.47. The molecule has 0 bridgehead atoms. The Balaban J connectivity index is 2.95. The molecule has 0 saturated heterocycles. The van der Waals surface area contributed by atoms with E-state index in [2.05, 4.69) is 0 Å². The van der Waals surface area contributed by atoms with Gasteiger partial charge in [0.05, 0.1) is 12.2 Å². The van der Waals surface area contributed by atoms with Crippen molar-refractivity contribution in [1.82, 2.24) is 0 Å². The molecule has 2 unspecified atom stereocenters. The minimum atomic E-state index is -0.716. The molecule has 0 N–H and O–H groups in total. The second-order valence-corrected chi connectivity index (χ2v) is 5.15. The molecule has 0 amide bonds. The molecule has 20 heavy (non-hydrogen) atoms. The predicted molar refractivity (Wildman–Crippen MR) is 76.4 cm³/mol. The third kappa shape index (κ3) is 4.99. The minimum Gasteiger partial charge on any atom is -0.487 e. The van der Waals surface area contributed by atoms with Crippen LogP contribution in [0.3, 0.4) is 0 Å². The molecule has 0 fully saturated rings. The molecule has 0 saturated carbocycles. The maximum absolute atomic E-state index is 13.9. The van der Waals surface area contributed by atoms with Gasteiger partial charge in [0.2, 0.25) is 0 Å². The molecule has 0 heterocycles. The van der Waals surface area contributed by atoms with E-state index in [0.29, 0.717) is 0 Å². The van der Waals surface area contributed by atoms with E-state index < -0.39 is 11.6 Å². The van der Waals surface area contributed by atoms with Gasteiger partial charge < -0.3 is 9.47 Å². The summed E-state index contributed by atoms with van der Waals surface area (Å²) >= 11 is 0. The highest BCUT2D eigenvalue weighted by Gasteiger charge is 2.18. The molecule has 1 aromatic rings. The molecule has 2 nitrogen and oxygen atoms in total. The Hall–Kier alpha value is -1.32. The Bertz CT molecular complexity index is 421. The molecule has 4 heteroatoms. The van der Waals surface area contributed by atoms with Crippen LogP contribution in [0.1, 0.15) is 53.4 Å². The Morgan fingerprint density at radius 1 is 0.950 bits per heavy atom. The van der Waals surface area contributed by atoms with Gasteiger partial charge in [-0.25, -0.2) is 8.78 Å². The number of rotatable bonds is 8. The zero-order chi connectivity index (χ0) is 15.1. The Labute approximate surface area is 120 Å². The standard InChI is InChI=1S/C16H24F2O2/c1-5-7-11(3)19-15-10-13(17)9-14(18)16(15)20-12(4)8-6-2/h9-12H,5-8H2,1-4H3. The molecule has 0 aliphatic heterocycles. The van der Waals surface area contributed by atoms with Crippen LogP contribution in [0.15, 0.2) is 12.1 Å². The molecular weight excluding hydrogens is 262 g/mol. The average Bonchev–Trinajstić information content (AvgIpc) is 2.34. The number of halogens is 2. The highest BCUT2D eigenvalue weighted by molar-refractivity contribution is 5.41. The first-order valence-electron chi connectivity index (χ1n) is 7.30. The Morgan fingerprint density at radius 2 is 1.50 bits per heavy atom. The van der Waals surface area contributed by atoms with E-state index in [1.807, 2.05) is 27.7 Å². The maximum atomic E-state index is 13.9. The molecule has 0 aliphatic rings. The lowest BCUT2D eigenvalue weighted by Crippen LogP contribution is -2.16. The van der Waals surface area contributed by atoms with Gasteiger partial charge in [0.15, 0.2) is 17.3 Å². The van der Waals surface area contributed by atoms with E-state index >= 15 is 0 Å². The van der Waals surface area contributed by atoms with E-state index in [4.69, 9.17) is 9.47 Å². The van der Waals surface area contributed by atoms with Gasteiger partial charge in [-0.15, -0.1) is 0 Å². The van der Waals surface area contributed by atoms with E-state index in [9.17, 15) is 8.78 Å². The fourth-order valence-electron chi connectivity index (χ4n) is 2.09. The van der Waals surface area contributed by atoms with Crippen LogP contribution in [0, 0.1) is 11.6 Å². The lowest BCUT2D eigenvalue weighted by atomic mass is 10.2. The monoisotopic (exact) mass is 286 g/mol. The zero-order valence-corrected chi connectivity index (χ0v) is 12.7. The van der Waals surface area contributed by atoms with E-state index in [0.717, 1.165) is 31.7 Å². The smallest absolute Gasteiger partial charge is 0.197 e. The van der Waals surface area contributed by atoms with Gasteiger partial charge in [0, 0.05) is 12.1 Å². The van der Waals surface area contributed by atoms with Crippen molar-refractivity contribution in [1.29, 1.82) is 0 Å². The molecular formula is C16H24F2O2. The summed E-state index contributed by atoms with van der Waals surface area (Å²) in [5.74, 6) is -1.22. The van der Waals surface area contributed by atoms with Crippen LogP contribution in [0.2, 0.25) is 0 Å². The van der Waals surface area contributed by atoms with Crippen molar-refractivity contribution in [2.24, 2.45) is 0 Å². The van der Waals surface area contributed by atoms with Gasteiger partial charge >= 0.3 is 0 Å². The fourth-order valence-corrected chi connectivity index (χ4v) is 2.09. The summed E-state index contributed by atoms with van der Waals surface area (Å²) in [6, 6.07) is 2.01. The summed E-state index contributed by atoms with van der Waals surface area (Å²) in [6.45, 7) is 7.81. The second-order valence-electron chi connectivity index (χ2n) is 5.15. The van der Waals surface area contributed by atoms with Crippen molar-refractivity contribution in [2.45, 2.75) is 65.6 Å². The summed E-state index contributed by atoms with van der Waals surface area (Å²) in [5, 5.41) is 0. The number of benzene rings is 1. The van der Waals surface area contributed by atoms with Crippen LogP contribution in [0.5, 0.6) is 11.5 Å². The maximum Gasteiger partial charge on any atom is 0.197 e. The van der Waals surface area contributed by atoms with Crippen molar-refractivity contribution in [3.05, 3.63) is 23.8 Å². The SMILES string of the molecule is CCCC(C)Oc1cc(F)cc(F)c1OC(C)CCC. The molecule has 1 rings (SSSR count). The lowest BCUT2D eigenvalue weighted by molar-refractivity contribution is 0.163. The first-order valence-corrected chi connectivity index (χ1v) is 7.30. The minimum absolute atomic E-state index is 0.00954. The number of hydrogen-bond acceptors (Lipinski definition) is 2. The molecule has 0 radical (unpaired) electrons. The molecule has 114 valence electrons. The Kier molecular flexibility index (Phi) is 6.76. The normalized spacial score (nSPS) is 13.9. The lowest BCUT2D eigenvalue weighted by Gasteiger charge is -2.20. The highest BCUT2D eigenvalue weighted by atomic mass is 19.1. The summed E-state index contributed by atoms with van der Waals surface area (Å²) in [5.41, 5.74) is 0. The van der Waals surface area contributed by atoms with Crippen molar-refractivity contribution < 1.29 is 18.3 Å². The van der Waals surface area contributed by atoms with Crippen molar-refractivity contribution >= 4 is 0 Å². The summed E-state index contributed by atoms with van der Waals surface area (Å²) < 4.78 is 38.5. The van der Waals surface area contributed by atoms with Gasteiger partial charge in [0.1, 0.15) is 5.82 Å². The van der Waals surface area contributed by atoms with Gasteiger partial charge in [-0.2, -0.15) is 0 Å². The van der Waals surface area contributed by atoms with Gasteiger partial charge in [-0.3, -0.25) is 0 Å². The van der Waals surface area contributed by atoms with Crippen LogP contribution in [-0.4, -0.2) is 12.2 Å². The molecule has 2 atom stereocenters. The van der Waals surface area contributed by atoms with Gasteiger partial charge in [0.25, 0.3) is 0 Å². The summed E-state index contributed by atoms with van der Waals surface area (Å²) in [6.07, 6.45) is 3.27. The molecule has 0 aliphatic carbocycles. The van der Waals surface area contributed by atoms with Crippen molar-refractivity contribution in [3.63, 3.8) is 0 Å². The highest BCUT2D eigenvalue weighted by Crippen LogP contribution is 2.34. The third-order valence-electron chi connectivity index (χ3n) is 3.01. The van der Waals surface area contributed by atoms with Crippen molar-refractivity contribution in [2.75, 3.05) is 0 Å². The number of hydrogen-bond donors (Lipinski definition) is 0. The van der Waals surface area contributed by atoms with Crippen LogP contribution >= 0.6 is 0 Å². The zero-order valence-electron chi connectivity index (χ0n) is 12.7. The number of ether oxygens (including phenoxy) is 2. The van der Waals surface area contributed by atoms with E-state index in [1.54, 1.807) is 0 Å². The second kappa shape index (κ2) is 8.08. The summed E-state index contributed by atoms with van der Waals surface area (Å²) in [4.78, 5) is 0. The van der Waals surface area contributed by atoms with Crippen LogP contribution in [0.4, 0.5) is 8.78 Å². The topological polar surface area (TPSA) is 18.5 Å². The van der Waals surface area contributed by atoms with Crippen LogP contribution in [0.25, 0.3) is 0 Å². The first kappa shape index (κ1) is 16.7. The molecule has 0 aromatic heterocycles. The molecule has 1 aromatic carbocycles. The average molecular weight is 286 g/mol. The van der Waals surface area contributed by atoms with E-state index in [-0.39, 0.29) is 23.7 Å². The van der Waals surface area contributed by atoms with Gasteiger partial charge in [-0.05, 0) is 26.7 Å². The summed E-state index contributed by atoms with van der Waals surface area (Å²) in [7, 11) is 0. The predicted octanol–water partition coefficient (Wildman–Crippen LogP) is 5.10.